The summed E-state index contributed by atoms with van der Waals surface area (Å²) in [6.45, 7) is 4.86. The Morgan fingerprint density at radius 3 is 2.65 bits per heavy atom. The Morgan fingerprint density at radius 2 is 1.90 bits per heavy atom. The van der Waals surface area contributed by atoms with Crippen molar-refractivity contribution in [2.24, 2.45) is 0 Å². The molecule has 2 aromatic rings. The average molecular weight is 267 g/mol. The zero-order valence-electron chi connectivity index (χ0n) is 11.9. The van der Waals surface area contributed by atoms with Gasteiger partial charge in [-0.05, 0) is 36.6 Å². The highest BCUT2D eigenvalue weighted by molar-refractivity contribution is 5.67. The van der Waals surface area contributed by atoms with Crippen molar-refractivity contribution >= 4 is 0 Å². The maximum Gasteiger partial charge on any atom is 0.0727 e. The molecular weight excluding hydrogens is 246 g/mol. The van der Waals surface area contributed by atoms with E-state index in [0.29, 0.717) is 12.7 Å². The molecule has 1 aliphatic rings. The van der Waals surface area contributed by atoms with Crippen LogP contribution in [0.2, 0.25) is 0 Å². The van der Waals surface area contributed by atoms with Crippen LogP contribution >= 0.6 is 0 Å². The number of rotatable bonds is 4. The lowest BCUT2D eigenvalue weighted by atomic mass is 9.99. The van der Waals surface area contributed by atoms with E-state index in [4.69, 9.17) is 4.74 Å². The van der Waals surface area contributed by atoms with E-state index in [0.717, 1.165) is 19.5 Å². The van der Waals surface area contributed by atoms with Gasteiger partial charge in [0, 0.05) is 6.54 Å². The predicted octanol–water partition coefficient (Wildman–Crippen LogP) is 3.54. The van der Waals surface area contributed by atoms with E-state index in [2.05, 4.69) is 60.8 Å². The van der Waals surface area contributed by atoms with Gasteiger partial charge in [0.1, 0.15) is 0 Å². The third-order valence-electron chi connectivity index (χ3n) is 3.87. The number of hydrogen-bond acceptors (Lipinski definition) is 2. The maximum absolute atomic E-state index is 6.01. The Hall–Kier alpha value is -1.64. The van der Waals surface area contributed by atoms with Crippen molar-refractivity contribution in [2.75, 3.05) is 13.1 Å². The minimum Gasteiger partial charge on any atom is -0.372 e. The van der Waals surface area contributed by atoms with Crippen LogP contribution in [0.5, 0.6) is 0 Å². The fraction of sp³-hybridized carbons (Fsp3) is 0.333. The van der Waals surface area contributed by atoms with Crippen LogP contribution in [0.25, 0.3) is 11.1 Å². The number of nitrogens with one attached hydrogen (secondary N) is 1. The Balaban J connectivity index is 1.78. The van der Waals surface area contributed by atoms with Gasteiger partial charge < -0.3 is 10.1 Å². The summed E-state index contributed by atoms with van der Waals surface area (Å²) >= 11 is 0. The summed E-state index contributed by atoms with van der Waals surface area (Å²) < 4.78 is 6.01. The van der Waals surface area contributed by atoms with Gasteiger partial charge in [-0.2, -0.15) is 0 Å². The molecule has 20 heavy (non-hydrogen) atoms. The van der Waals surface area contributed by atoms with Crippen LogP contribution in [0, 0.1) is 6.92 Å². The van der Waals surface area contributed by atoms with Crippen molar-refractivity contribution in [1.29, 1.82) is 0 Å². The first kappa shape index (κ1) is 13.3. The summed E-state index contributed by atoms with van der Waals surface area (Å²) in [7, 11) is 0. The van der Waals surface area contributed by atoms with Crippen molar-refractivity contribution in [3.63, 3.8) is 0 Å². The van der Waals surface area contributed by atoms with Gasteiger partial charge in [0.15, 0.2) is 0 Å². The fourth-order valence-corrected chi connectivity index (χ4v) is 2.64. The Labute approximate surface area is 120 Å². The number of hydrogen-bond donors (Lipinski definition) is 1. The van der Waals surface area contributed by atoms with Gasteiger partial charge >= 0.3 is 0 Å². The van der Waals surface area contributed by atoms with Crippen LogP contribution in [0.4, 0.5) is 0 Å². The predicted molar refractivity (Wildman–Crippen MR) is 82.7 cm³/mol. The van der Waals surface area contributed by atoms with Gasteiger partial charge in [0.05, 0.1) is 12.7 Å². The van der Waals surface area contributed by atoms with Crippen molar-refractivity contribution in [1.82, 2.24) is 5.32 Å². The lowest BCUT2D eigenvalue weighted by Crippen LogP contribution is -2.16. The molecule has 1 unspecified atom stereocenters. The molecule has 0 aliphatic carbocycles. The molecule has 2 heteroatoms. The Bertz CT molecular complexity index is 556. The minimum atomic E-state index is 0.362. The molecule has 0 amide bonds. The van der Waals surface area contributed by atoms with Crippen LogP contribution in [0.15, 0.2) is 48.5 Å². The molecule has 2 aromatic carbocycles. The molecule has 1 heterocycles. The molecular formula is C18H21NO. The summed E-state index contributed by atoms with van der Waals surface area (Å²) in [6.07, 6.45) is 1.48. The second-order valence-electron chi connectivity index (χ2n) is 5.45. The summed E-state index contributed by atoms with van der Waals surface area (Å²) in [5, 5.41) is 3.34. The van der Waals surface area contributed by atoms with Crippen LogP contribution in [0.1, 0.15) is 17.5 Å². The highest BCUT2D eigenvalue weighted by Gasteiger charge is 2.15. The van der Waals surface area contributed by atoms with E-state index in [1.165, 1.54) is 22.3 Å². The van der Waals surface area contributed by atoms with E-state index in [1.807, 2.05) is 0 Å². The smallest absolute Gasteiger partial charge is 0.0727 e. The van der Waals surface area contributed by atoms with E-state index < -0.39 is 0 Å². The molecule has 1 saturated heterocycles. The molecule has 0 saturated carbocycles. The molecule has 1 aliphatic heterocycles. The molecule has 2 nitrogen and oxygen atoms in total. The van der Waals surface area contributed by atoms with E-state index in [9.17, 15) is 0 Å². The molecule has 1 N–H and O–H groups in total. The average Bonchev–Trinajstić information content (AvgIpc) is 3.00. The van der Waals surface area contributed by atoms with Crippen LogP contribution < -0.4 is 5.32 Å². The van der Waals surface area contributed by atoms with Gasteiger partial charge in [-0.25, -0.2) is 0 Å². The largest absolute Gasteiger partial charge is 0.372 e. The van der Waals surface area contributed by atoms with Crippen LogP contribution in [-0.4, -0.2) is 19.2 Å². The van der Waals surface area contributed by atoms with Crippen molar-refractivity contribution in [2.45, 2.75) is 26.1 Å². The van der Waals surface area contributed by atoms with E-state index >= 15 is 0 Å². The molecule has 0 radical (unpaired) electrons. The summed E-state index contributed by atoms with van der Waals surface area (Å²) in [4.78, 5) is 0. The number of ether oxygens (including phenoxy) is 1. The lowest BCUT2D eigenvalue weighted by molar-refractivity contribution is 0.0545. The molecule has 0 bridgehead atoms. The van der Waals surface area contributed by atoms with Gasteiger partial charge in [0.2, 0.25) is 0 Å². The number of benzene rings is 2. The van der Waals surface area contributed by atoms with E-state index in [-0.39, 0.29) is 0 Å². The summed E-state index contributed by atoms with van der Waals surface area (Å²) in [5.41, 5.74) is 5.10. The topological polar surface area (TPSA) is 21.3 Å². The first-order valence-corrected chi connectivity index (χ1v) is 7.30. The minimum absolute atomic E-state index is 0.362. The fourth-order valence-electron chi connectivity index (χ4n) is 2.64. The SMILES string of the molecule is Cc1ccc(-c2ccccc2COC2CCNC2)cc1. The molecule has 1 fully saturated rings. The quantitative estimate of drug-likeness (QED) is 0.915. The third kappa shape index (κ3) is 3.09. The standard InChI is InChI=1S/C18H21NO/c1-14-6-8-15(9-7-14)18-5-3-2-4-16(18)13-20-17-10-11-19-12-17/h2-9,17,19H,10-13H2,1H3. The molecule has 104 valence electrons. The highest BCUT2D eigenvalue weighted by atomic mass is 16.5. The van der Waals surface area contributed by atoms with Crippen LogP contribution in [-0.2, 0) is 11.3 Å². The Kier molecular flexibility index (Phi) is 4.14. The monoisotopic (exact) mass is 267 g/mol. The second-order valence-corrected chi connectivity index (χ2v) is 5.45. The van der Waals surface area contributed by atoms with Gasteiger partial charge in [0.25, 0.3) is 0 Å². The third-order valence-corrected chi connectivity index (χ3v) is 3.87. The second kappa shape index (κ2) is 6.21. The first-order chi connectivity index (χ1) is 9.83. The van der Waals surface area contributed by atoms with Gasteiger partial charge in [-0.15, -0.1) is 0 Å². The Morgan fingerprint density at radius 1 is 1.10 bits per heavy atom. The molecule has 0 spiro atoms. The first-order valence-electron chi connectivity index (χ1n) is 7.30. The number of aryl methyl sites for hydroxylation is 1. The maximum atomic E-state index is 6.01. The van der Waals surface area contributed by atoms with Crippen molar-refractivity contribution in [3.8, 4) is 11.1 Å². The van der Waals surface area contributed by atoms with Crippen molar-refractivity contribution in [3.05, 3.63) is 59.7 Å². The normalized spacial score (nSPS) is 18.4. The summed E-state index contributed by atoms with van der Waals surface area (Å²) in [6, 6.07) is 17.2. The van der Waals surface area contributed by atoms with Crippen molar-refractivity contribution < 1.29 is 4.74 Å². The summed E-state index contributed by atoms with van der Waals surface area (Å²) in [5.74, 6) is 0. The zero-order chi connectivity index (χ0) is 13.8. The zero-order valence-corrected chi connectivity index (χ0v) is 11.9. The van der Waals surface area contributed by atoms with Crippen LogP contribution in [0.3, 0.4) is 0 Å². The molecule has 1 atom stereocenters. The lowest BCUT2D eigenvalue weighted by Gasteiger charge is -2.14. The molecule has 0 aromatic heterocycles. The molecule has 3 rings (SSSR count). The van der Waals surface area contributed by atoms with E-state index in [1.54, 1.807) is 0 Å². The van der Waals surface area contributed by atoms with Gasteiger partial charge in [-0.3, -0.25) is 0 Å². The highest BCUT2D eigenvalue weighted by Crippen LogP contribution is 2.25. The van der Waals surface area contributed by atoms with Gasteiger partial charge in [-0.1, -0.05) is 54.1 Å².